The van der Waals surface area contributed by atoms with E-state index in [1.165, 1.54) is 19.6 Å². The molecule has 3 nitrogen and oxygen atoms in total. The molecule has 0 bridgehead atoms. The first-order valence-electron chi connectivity index (χ1n) is 7.08. The standard InChI is InChI=1S/C14H28N2O/c1-12(2)11-16-9-6-14(7-10-16)15-8-5-13(3,4)17-14/h12,15H,5-11H2,1-4H3. The highest BCUT2D eigenvalue weighted by molar-refractivity contribution is 4.92. The van der Waals surface area contributed by atoms with Gasteiger partial charge in [-0.25, -0.2) is 0 Å². The van der Waals surface area contributed by atoms with Crippen molar-refractivity contribution in [2.75, 3.05) is 26.2 Å². The van der Waals surface area contributed by atoms with Crippen molar-refractivity contribution in [3.8, 4) is 0 Å². The van der Waals surface area contributed by atoms with E-state index in [0.29, 0.717) is 0 Å². The molecule has 1 N–H and O–H groups in total. The van der Waals surface area contributed by atoms with Gasteiger partial charge in [0, 0.05) is 39.0 Å². The zero-order valence-electron chi connectivity index (χ0n) is 11.9. The lowest BCUT2D eigenvalue weighted by Crippen LogP contribution is -2.62. The van der Waals surface area contributed by atoms with E-state index in [9.17, 15) is 0 Å². The van der Waals surface area contributed by atoms with Crippen molar-refractivity contribution >= 4 is 0 Å². The molecule has 2 fully saturated rings. The molecular formula is C14H28N2O. The third kappa shape index (κ3) is 3.43. The summed E-state index contributed by atoms with van der Waals surface area (Å²) in [5.74, 6) is 0.765. The first-order valence-corrected chi connectivity index (χ1v) is 7.08. The Kier molecular flexibility index (Phi) is 3.81. The minimum Gasteiger partial charge on any atom is -0.355 e. The smallest absolute Gasteiger partial charge is 0.122 e. The largest absolute Gasteiger partial charge is 0.355 e. The molecule has 2 aliphatic heterocycles. The summed E-state index contributed by atoms with van der Waals surface area (Å²) in [6.07, 6.45) is 3.37. The van der Waals surface area contributed by atoms with Crippen LogP contribution < -0.4 is 5.32 Å². The van der Waals surface area contributed by atoms with E-state index in [-0.39, 0.29) is 11.3 Å². The Balaban J connectivity index is 1.89. The van der Waals surface area contributed by atoms with Crippen molar-refractivity contribution in [3.63, 3.8) is 0 Å². The summed E-state index contributed by atoms with van der Waals surface area (Å²) in [5, 5.41) is 3.62. The van der Waals surface area contributed by atoms with E-state index in [4.69, 9.17) is 4.74 Å². The number of hydrogen-bond acceptors (Lipinski definition) is 3. The maximum atomic E-state index is 6.32. The molecule has 3 heteroatoms. The highest BCUT2D eigenvalue weighted by atomic mass is 16.5. The average molecular weight is 240 g/mol. The van der Waals surface area contributed by atoms with E-state index in [1.54, 1.807) is 0 Å². The summed E-state index contributed by atoms with van der Waals surface area (Å²) in [6, 6.07) is 0. The van der Waals surface area contributed by atoms with E-state index in [2.05, 4.69) is 37.9 Å². The quantitative estimate of drug-likeness (QED) is 0.801. The molecule has 0 aliphatic carbocycles. The molecule has 0 aromatic heterocycles. The van der Waals surface area contributed by atoms with Crippen molar-refractivity contribution in [1.29, 1.82) is 0 Å². The number of nitrogens with zero attached hydrogens (tertiary/aromatic N) is 1. The van der Waals surface area contributed by atoms with Crippen LogP contribution >= 0.6 is 0 Å². The minimum absolute atomic E-state index is 0.0325. The van der Waals surface area contributed by atoms with Gasteiger partial charge in [0.1, 0.15) is 5.72 Å². The molecule has 1 spiro atoms. The lowest BCUT2D eigenvalue weighted by molar-refractivity contribution is -0.204. The first-order chi connectivity index (χ1) is 7.91. The highest BCUT2D eigenvalue weighted by Crippen LogP contribution is 2.33. The molecule has 17 heavy (non-hydrogen) atoms. The van der Waals surface area contributed by atoms with Gasteiger partial charge >= 0.3 is 0 Å². The van der Waals surface area contributed by atoms with E-state index < -0.39 is 0 Å². The third-order valence-corrected chi connectivity index (χ3v) is 3.93. The molecule has 0 unspecified atom stereocenters. The number of likely N-dealkylation sites (tertiary alicyclic amines) is 1. The van der Waals surface area contributed by atoms with Gasteiger partial charge in [-0.3, -0.25) is 5.32 Å². The Labute approximate surface area is 106 Å². The normalized spacial score (nSPS) is 28.8. The Hall–Kier alpha value is -0.120. The van der Waals surface area contributed by atoms with Crippen LogP contribution in [-0.2, 0) is 4.74 Å². The maximum absolute atomic E-state index is 6.32. The Morgan fingerprint density at radius 1 is 1.18 bits per heavy atom. The number of hydrogen-bond donors (Lipinski definition) is 1. The van der Waals surface area contributed by atoms with Crippen LogP contribution in [0, 0.1) is 5.92 Å². The molecule has 0 aromatic rings. The second kappa shape index (κ2) is 4.87. The van der Waals surface area contributed by atoms with Crippen LogP contribution in [0.1, 0.15) is 47.0 Å². The van der Waals surface area contributed by atoms with Gasteiger partial charge < -0.3 is 9.64 Å². The van der Waals surface area contributed by atoms with Crippen LogP contribution in [0.5, 0.6) is 0 Å². The lowest BCUT2D eigenvalue weighted by Gasteiger charge is -2.50. The maximum Gasteiger partial charge on any atom is 0.122 e. The predicted octanol–water partition coefficient (Wildman–Crippen LogP) is 2.22. The Morgan fingerprint density at radius 2 is 1.82 bits per heavy atom. The summed E-state index contributed by atoms with van der Waals surface area (Å²) in [5.41, 5.74) is 0.0146. The minimum atomic E-state index is -0.0325. The van der Waals surface area contributed by atoms with Gasteiger partial charge in [0.05, 0.1) is 5.60 Å². The number of rotatable bonds is 2. The molecule has 2 saturated heterocycles. The molecule has 0 radical (unpaired) electrons. The Bertz CT molecular complexity index is 255. The summed E-state index contributed by atoms with van der Waals surface area (Å²) < 4.78 is 6.32. The molecular weight excluding hydrogens is 212 g/mol. The summed E-state index contributed by atoms with van der Waals surface area (Å²) in [6.45, 7) is 13.7. The molecule has 0 aromatic carbocycles. The molecule has 100 valence electrons. The van der Waals surface area contributed by atoms with Gasteiger partial charge in [-0.1, -0.05) is 13.8 Å². The van der Waals surface area contributed by atoms with Gasteiger partial charge in [0.15, 0.2) is 0 Å². The lowest BCUT2D eigenvalue weighted by atomic mass is 9.93. The monoisotopic (exact) mass is 240 g/mol. The summed E-state index contributed by atoms with van der Waals surface area (Å²) in [4.78, 5) is 2.57. The van der Waals surface area contributed by atoms with E-state index in [0.717, 1.165) is 31.7 Å². The van der Waals surface area contributed by atoms with Crippen LogP contribution in [0.15, 0.2) is 0 Å². The summed E-state index contributed by atoms with van der Waals surface area (Å²) >= 11 is 0. The first kappa shape index (κ1) is 13.3. The van der Waals surface area contributed by atoms with Gasteiger partial charge in [0.2, 0.25) is 0 Å². The zero-order chi connectivity index (χ0) is 12.5. The molecule has 0 amide bonds. The fourth-order valence-electron chi connectivity index (χ4n) is 3.10. The van der Waals surface area contributed by atoms with Gasteiger partial charge in [-0.15, -0.1) is 0 Å². The van der Waals surface area contributed by atoms with E-state index >= 15 is 0 Å². The van der Waals surface area contributed by atoms with Crippen molar-refractivity contribution in [2.24, 2.45) is 5.92 Å². The second-order valence-electron chi connectivity index (χ2n) is 6.73. The second-order valence-corrected chi connectivity index (χ2v) is 6.73. The number of ether oxygens (including phenoxy) is 1. The van der Waals surface area contributed by atoms with Crippen molar-refractivity contribution in [1.82, 2.24) is 10.2 Å². The molecule has 2 rings (SSSR count). The summed E-state index contributed by atoms with van der Waals surface area (Å²) in [7, 11) is 0. The van der Waals surface area contributed by atoms with Crippen LogP contribution in [0.2, 0.25) is 0 Å². The molecule has 2 heterocycles. The molecule has 2 aliphatic rings. The third-order valence-electron chi connectivity index (χ3n) is 3.93. The topological polar surface area (TPSA) is 24.5 Å². The fraction of sp³-hybridized carbons (Fsp3) is 1.00. The number of piperidine rings is 1. The molecule has 0 saturated carbocycles. The SMILES string of the molecule is CC(C)CN1CCC2(CC1)NCCC(C)(C)O2. The fourth-order valence-corrected chi connectivity index (χ4v) is 3.10. The van der Waals surface area contributed by atoms with E-state index in [1.807, 2.05) is 0 Å². The van der Waals surface area contributed by atoms with Gasteiger partial charge in [0.25, 0.3) is 0 Å². The zero-order valence-corrected chi connectivity index (χ0v) is 11.9. The van der Waals surface area contributed by atoms with Crippen molar-refractivity contribution in [3.05, 3.63) is 0 Å². The van der Waals surface area contributed by atoms with Crippen molar-refractivity contribution < 1.29 is 4.74 Å². The van der Waals surface area contributed by atoms with Crippen LogP contribution in [0.25, 0.3) is 0 Å². The van der Waals surface area contributed by atoms with Gasteiger partial charge in [-0.05, 0) is 26.2 Å². The van der Waals surface area contributed by atoms with Crippen molar-refractivity contribution in [2.45, 2.75) is 58.3 Å². The van der Waals surface area contributed by atoms with Gasteiger partial charge in [-0.2, -0.15) is 0 Å². The average Bonchev–Trinajstić information content (AvgIpc) is 2.20. The highest BCUT2D eigenvalue weighted by Gasteiger charge is 2.42. The van der Waals surface area contributed by atoms with Crippen LogP contribution in [-0.4, -0.2) is 42.4 Å². The van der Waals surface area contributed by atoms with Crippen LogP contribution in [0.3, 0.4) is 0 Å². The Morgan fingerprint density at radius 3 is 2.35 bits per heavy atom. The predicted molar refractivity (Wildman–Crippen MR) is 71.0 cm³/mol. The molecule has 0 atom stereocenters. The number of nitrogens with one attached hydrogen (secondary N) is 1. The van der Waals surface area contributed by atoms with Crippen LogP contribution in [0.4, 0.5) is 0 Å².